The fraction of sp³-hybridized carbons (Fsp3) is 0.900. The van der Waals surface area contributed by atoms with Crippen molar-refractivity contribution in [1.82, 2.24) is 9.80 Å². The van der Waals surface area contributed by atoms with Gasteiger partial charge in [0.25, 0.3) is 0 Å². The summed E-state index contributed by atoms with van der Waals surface area (Å²) in [6.07, 6.45) is 2.28. The summed E-state index contributed by atoms with van der Waals surface area (Å²) in [5.41, 5.74) is 6.12. The molecule has 0 bridgehead atoms. The summed E-state index contributed by atoms with van der Waals surface area (Å²) in [4.78, 5) is 15.6. The van der Waals surface area contributed by atoms with Crippen molar-refractivity contribution < 1.29 is 4.79 Å². The molecule has 4 heteroatoms. The van der Waals surface area contributed by atoms with Gasteiger partial charge in [0.05, 0.1) is 6.54 Å². The molecule has 4 nitrogen and oxygen atoms in total. The summed E-state index contributed by atoms with van der Waals surface area (Å²) in [7, 11) is 3.83. The summed E-state index contributed by atoms with van der Waals surface area (Å²) in [6.45, 7) is 2.15. The van der Waals surface area contributed by atoms with Crippen LogP contribution < -0.4 is 5.73 Å². The fourth-order valence-electron chi connectivity index (χ4n) is 2.45. The van der Waals surface area contributed by atoms with Crippen LogP contribution in [0.5, 0.6) is 0 Å². The van der Waals surface area contributed by atoms with E-state index in [0.29, 0.717) is 12.5 Å². The Morgan fingerprint density at radius 1 is 1.64 bits per heavy atom. The van der Waals surface area contributed by atoms with Gasteiger partial charge in [0, 0.05) is 18.6 Å². The van der Waals surface area contributed by atoms with Gasteiger partial charge in [0.1, 0.15) is 0 Å². The van der Waals surface area contributed by atoms with E-state index in [9.17, 15) is 4.79 Å². The standard InChI is InChI=1S/C10H19N3O/c1-12(2)6-9(14)13-5-8-3-4-10(8,11)7-13/h8H,3-7,11H2,1-2H3. The molecule has 1 aliphatic heterocycles. The van der Waals surface area contributed by atoms with Gasteiger partial charge in [-0.1, -0.05) is 0 Å². The maximum Gasteiger partial charge on any atom is 0.236 e. The van der Waals surface area contributed by atoms with E-state index in [2.05, 4.69) is 0 Å². The van der Waals surface area contributed by atoms with E-state index >= 15 is 0 Å². The molecule has 2 N–H and O–H groups in total. The first kappa shape index (κ1) is 9.93. The molecule has 1 aliphatic carbocycles. The van der Waals surface area contributed by atoms with Crippen molar-refractivity contribution in [3.05, 3.63) is 0 Å². The number of carbonyl (C=O) groups is 1. The highest BCUT2D eigenvalue weighted by Crippen LogP contribution is 2.42. The van der Waals surface area contributed by atoms with Crippen molar-refractivity contribution in [2.24, 2.45) is 11.7 Å². The monoisotopic (exact) mass is 197 g/mol. The quantitative estimate of drug-likeness (QED) is 0.649. The third-order valence-corrected chi connectivity index (χ3v) is 3.50. The fourth-order valence-corrected chi connectivity index (χ4v) is 2.45. The van der Waals surface area contributed by atoms with E-state index in [1.807, 2.05) is 23.9 Å². The Balaban J connectivity index is 1.92. The number of carbonyl (C=O) groups excluding carboxylic acids is 1. The van der Waals surface area contributed by atoms with Crippen LogP contribution >= 0.6 is 0 Å². The van der Waals surface area contributed by atoms with Crippen molar-refractivity contribution >= 4 is 5.91 Å². The van der Waals surface area contributed by atoms with Crippen molar-refractivity contribution in [2.45, 2.75) is 18.4 Å². The molecular formula is C10H19N3O. The number of hydrogen-bond acceptors (Lipinski definition) is 3. The van der Waals surface area contributed by atoms with Crippen LogP contribution in [0.1, 0.15) is 12.8 Å². The molecule has 1 saturated carbocycles. The molecule has 1 saturated heterocycles. The predicted molar refractivity (Wildman–Crippen MR) is 54.8 cm³/mol. The third kappa shape index (κ3) is 1.53. The average Bonchev–Trinajstić information content (AvgIpc) is 2.28. The lowest BCUT2D eigenvalue weighted by atomic mass is 9.70. The lowest BCUT2D eigenvalue weighted by Gasteiger charge is -2.39. The van der Waals surface area contributed by atoms with Gasteiger partial charge in [0.2, 0.25) is 5.91 Å². The van der Waals surface area contributed by atoms with E-state index < -0.39 is 0 Å². The molecule has 1 heterocycles. The molecule has 0 aromatic carbocycles. The van der Waals surface area contributed by atoms with E-state index in [1.54, 1.807) is 0 Å². The molecule has 2 rings (SSSR count). The van der Waals surface area contributed by atoms with Crippen LogP contribution in [0.3, 0.4) is 0 Å². The van der Waals surface area contributed by atoms with Crippen LogP contribution in [0.25, 0.3) is 0 Å². The number of rotatable bonds is 2. The molecule has 0 spiro atoms. The van der Waals surface area contributed by atoms with E-state index in [-0.39, 0.29) is 11.4 Å². The summed E-state index contributed by atoms with van der Waals surface area (Å²) in [6, 6.07) is 0. The molecule has 1 amide bonds. The molecule has 2 atom stereocenters. The predicted octanol–water partition coefficient (Wildman–Crippen LogP) is -0.502. The Kier molecular flexibility index (Phi) is 2.27. The van der Waals surface area contributed by atoms with Crippen LogP contribution in [0.2, 0.25) is 0 Å². The highest BCUT2D eigenvalue weighted by molar-refractivity contribution is 5.78. The molecule has 0 aromatic heterocycles. The molecule has 80 valence electrons. The van der Waals surface area contributed by atoms with Crippen LogP contribution in [-0.4, -0.2) is 55.0 Å². The molecule has 14 heavy (non-hydrogen) atoms. The molecular weight excluding hydrogens is 178 g/mol. The van der Waals surface area contributed by atoms with Crippen LogP contribution in [-0.2, 0) is 4.79 Å². The zero-order valence-electron chi connectivity index (χ0n) is 8.99. The summed E-state index contributed by atoms with van der Waals surface area (Å²) in [5, 5.41) is 0. The van der Waals surface area contributed by atoms with Gasteiger partial charge in [-0.05, 0) is 32.9 Å². The second-order valence-corrected chi connectivity index (χ2v) is 4.98. The number of fused-ring (bicyclic) bond motifs is 1. The minimum atomic E-state index is -0.0397. The Bertz CT molecular complexity index is 254. The SMILES string of the molecule is CN(C)CC(=O)N1CC2CCC2(N)C1. The van der Waals surface area contributed by atoms with Gasteiger partial charge in [-0.15, -0.1) is 0 Å². The van der Waals surface area contributed by atoms with Gasteiger partial charge in [-0.2, -0.15) is 0 Å². The van der Waals surface area contributed by atoms with Crippen LogP contribution in [0.15, 0.2) is 0 Å². The van der Waals surface area contributed by atoms with Gasteiger partial charge >= 0.3 is 0 Å². The highest BCUT2D eigenvalue weighted by atomic mass is 16.2. The van der Waals surface area contributed by atoms with Crippen LogP contribution in [0.4, 0.5) is 0 Å². The number of amides is 1. The Morgan fingerprint density at radius 3 is 2.71 bits per heavy atom. The minimum absolute atomic E-state index is 0.0397. The molecule has 2 aliphatic rings. The van der Waals surface area contributed by atoms with Crippen molar-refractivity contribution in [1.29, 1.82) is 0 Å². The topological polar surface area (TPSA) is 49.6 Å². The lowest BCUT2D eigenvalue weighted by molar-refractivity contribution is -0.130. The summed E-state index contributed by atoms with van der Waals surface area (Å²) < 4.78 is 0. The summed E-state index contributed by atoms with van der Waals surface area (Å²) in [5.74, 6) is 0.780. The second-order valence-electron chi connectivity index (χ2n) is 4.98. The first-order valence-corrected chi connectivity index (χ1v) is 5.23. The summed E-state index contributed by atoms with van der Waals surface area (Å²) >= 11 is 0. The zero-order valence-corrected chi connectivity index (χ0v) is 8.99. The maximum atomic E-state index is 11.7. The van der Waals surface area contributed by atoms with Crippen molar-refractivity contribution in [3.63, 3.8) is 0 Å². The van der Waals surface area contributed by atoms with Gasteiger partial charge in [-0.3, -0.25) is 4.79 Å². The molecule has 0 aromatic rings. The maximum absolute atomic E-state index is 11.7. The van der Waals surface area contributed by atoms with E-state index in [0.717, 1.165) is 19.5 Å². The normalized spacial score (nSPS) is 35.7. The lowest BCUT2D eigenvalue weighted by Crippen LogP contribution is -2.55. The smallest absolute Gasteiger partial charge is 0.236 e. The van der Waals surface area contributed by atoms with Crippen LogP contribution in [0, 0.1) is 5.92 Å². The second kappa shape index (κ2) is 3.21. The number of likely N-dealkylation sites (tertiary alicyclic amines) is 1. The van der Waals surface area contributed by atoms with Gasteiger partial charge in [-0.25, -0.2) is 0 Å². The minimum Gasteiger partial charge on any atom is -0.339 e. The molecule has 2 unspecified atom stereocenters. The van der Waals surface area contributed by atoms with Gasteiger partial charge in [0.15, 0.2) is 0 Å². The number of likely N-dealkylation sites (N-methyl/N-ethyl adjacent to an activating group) is 1. The third-order valence-electron chi connectivity index (χ3n) is 3.50. The Hall–Kier alpha value is -0.610. The van der Waals surface area contributed by atoms with Gasteiger partial charge < -0.3 is 15.5 Å². The Morgan fingerprint density at radius 2 is 2.36 bits per heavy atom. The number of nitrogens with two attached hydrogens (primary N) is 1. The Labute approximate surface area is 85.0 Å². The van der Waals surface area contributed by atoms with Crippen molar-refractivity contribution in [3.8, 4) is 0 Å². The first-order chi connectivity index (χ1) is 6.51. The largest absolute Gasteiger partial charge is 0.339 e. The number of nitrogens with zero attached hydrogens (tertiary/aromatic N) is 2. The van der Waals surface area contributed by atoms with Crippen molar-refractivity contribution in [2.75, 3.05) is 33.7 Å². The molecule has 0 radical (unpaired) electrons. The number of hydrogen-bond donors (Lipinski definition) is 1. The zero-order chi connectivity index (χ0) is 10.3. The van der Waals surface area contributed by atoms with E-state index in [4.69, 9.17) is 5.73 Å². The highest BCUT2D eigenvalue weighted by Gasteiger charge is 2.51. The average molecular weight is 197 g/mol. The molecule has 2 fully saturated rings. The van der Waals surface area contributed by atoms with E-state index in [1.165, 1.54) is 6.42 Å². The first-order valence-electron chi connectivity index (χ1n) is 5.23.